The summed E-state index contributed by atoms with van der Waals surface area (Å²) in [6, 6.07) is 9.75. The van der Waals surface area contributed by atoms with Gasteiger partial charge in [-0.3, -0.25) is 4.79 Å². The van der Waals surface area contributed by atoms with Gasteiger partial charge in [0.25, 0.3) is 0 Å². The van der Waals surface area contributed by atoms with Gasteiger partial charge in [0.2, 0.25) is 11.8 Å². The third kappa shape index (κ3) is 1.82. The maximum absolute atomic E-state index is 11.3. The van der Waals surface area contributed by atoms with Crippen LogP contribution in [-0.2, 0) is 11.2 Å². The van der Waals surface area contributed by atoms with Gasteiger partial charge in [0, 0.05) is 18.0 Å². The maximum atomic E-state index is 11.3. The summed E-state index contributed by atoms with van der Waals surface area (Å²) < 4.78 is 5.11. The number of methoxy groups -OCH3 is 1. The van der Waals surface area contributed by atoms with Gasteiger partial charge in [0.15, 0.2) is 0 Å². The Morgan fingerprint density at radius 2 is 2.06 bits per heavy atom. The third-order valence-electron chi connectivity index (χ3n) is 3.01. The summed E-state index contributed by atoms with van der Waals surface area (Å²) in [7, 11) is 1.59. The Hall–Kier alpha value is -2.36. The third-order valence-corrected chi connectivity index (χ3v) is 3.01. The number of anilines is 1. The van der Waals surface area contributed by atoms with Crippen molar-refractivity contribution in [3.63, 3.8) is 0 Å². The van der Waals surface area contributed by atoms with E-state index in [2.05, 4.69) is 10.3 Å². The van der Waals surface area contributed by atoms with E-state index in [4.69, 9.17) is 4.74 Å². The minimum absolute atomic E-state index is 0.0504. The van der Waals surface area contributed by atoms with Crippen LogP contribution in [0.1, 0.15) is 5.56 Å². The molecule has 1 amide bonds. The molecule has 4 nitrogen and oxygen atoms in total. The summed E-state index contributed by atoms with van der Waals surface area (Å²) in [5.74, 6) is 0.636. The second-order valence-electron chi connectivity index (χ2n) is 4.18. The number of pyridine rings is 1. The molecule has 18 heavy (non-hydrogen) atoms. The van der Waals surface area contributed by atoms with Crippen molar-refractivity contribution in [2.75, 3.05) is 12.4 Å². The van der Waals surface area contributed by atoms with Crippen LogP contribution in [0.3, 0.4) is 0 Å². The number of ether oxygens (including phenoxy) is 1. The quantitative estimate of drug-likeness (QED) is 0.875. The van der Waals surface area contributed by atoms with Crippen molar-refractivity contribution in [2.45, 2.75) is 6.42 Å². The largest absolute Gasteiger partial charge is 0.481 e. The number of nitrogens with zero attached hydrogens (tertiary/aromatic N) is 1. The van der Waals surface area contributed by atoms with Crippen molar-refractivity contribution >= 4 is 11.6 Å². The van der Waals surface area contributed by atoms with Gasteiger partial charge in [0.05, 0.1) is 13.5 Å². The second-order valence-corrected chi connectivity index (χ2v) is 4.18. The number of hydrogen-bond acceptors (Lipinski definition) is 3. The topological polar surface area (TPSA) is 51.2 Å². The molecule has 1 aliphatic rings. The molecular weight excluding hydrogens is 228 g/mol. The van der Waals surface area contributed by atoms with Crippen molar-refractivity contribution in [1.82, 2.24) is 4.98 Å². The Morgan fingerprint density at radius 1 is 1.22 bits per heavy atom. The first-order valence-electron chi connectivity index (χ1n) is 5.69. The van der Waals surface area contributed by atoms with Crippen molar-refractivity contribution in [3.8, 4) is 17.0 Å². The molecule has 0 saturated heterocycles. The average Bonchev–Trinajstić information content (AvgIpc) is 2.77. The van der Waals surface area contributed by atoms with Gasteiger partial charge in [-0.1, -0.05) is 6.07 Å². The van der Waals surface area contributed by atoms with Crippen LogP contribution in [0.25, 0.3) is 11.1 Å². The normalized spacial score (nSPS) is 13.1. The Labute approximate surface area is 105 Å². The lowest BCUT2D eigenvalue weighted by Crippen LogP contribution is -2.03. The number of carbonyl (C=O) groups is 1. The molecule has 0 radical (unpaired) electrons. The van der Waals surface area contributed by atoms with Gasteiger partial charge in [-0.15, -0.1) is 0 Å². The van der Waals surface area contributed by atoms with E-state index < -0.39 is 0 Å². The van der Waals surface area contributed by atoms with Crippen LogP contribution in [0, 0.1) is 0 Å². The van der Waals surface area contributed by atoms with E-state index in [9.17, 15) is 4.79 Å². The van der Waals surface area contributed by atoms with Crippen LogP contribution in [0.15, 0.2) is 36.5 Å². The highest BCUT2D eigenvalue weighted by Crippen LogP contribution is 2.29. The van der Waals surface area contributed by atoms with Gasteiger partial charge in [-0.05, 0) is 34.9 Å². The molecule has 2 aromatic rings. The molecule has 0 saturated carbocycles. The number of aromatic nitrogens is 1. The maximum Gasteiger partial charge on any atom is 0.228 e. The van der Waals surface area contributed by atoms with Gasteiger partial charge >= 0.3 is 0 Å². The van der Waals surface area contributed by atoms with Crippen molar-refractivity contribution in [3.05, 3.63) is 42.1 Å². The van der Waals surface area contributed by atoms with Crippen LogP contribution >= 0.6 is 0 Å². The molecule has 0 spiro atoms. The molecule has 0 aliphatic carbocycles. The lowest BCUT2D eigenvalue weighted by atomic mass is 10.0. The van der Waals surface area contributed by atoms with Gasteiger partial charge in [-0.2, -0.15) is 0 Å². The standard InChI is InChI=1S/C14H12N2O2/c1-18-14-8-10(4-5-15-14)9-2-3-12-11(6-9)7-13(17)16-12/h2-6,8H,7H2,1H3,(H,16,17). The number of amides is 1. The Balaban J connectivity index is 2.02. The molecule has 1 aliphatic heterocycles. The summed E-state index contributed by atoms with van der Waals surface area (Å²) in [5.41, 5.74) is 4.04. The fourth-order valence-electron chi connectivity index (χ4n) is 2.11. The van der Waals surface area contributed by atoms with Gasteiger partial charge in [-0.25, -0.2) is 4.98 Å². The highest BCUT2D eigenvalue weighted by Gasteiger charge is 2.17. The fourth-order valence-corrected chi connectivity index (χ4v) is 2.11. The summed E-state index contributed by atoms with van der Waals surface area (Å²) >= 11 is 0. The van der Waals surface area contributed by atoms with E-state index in [1.54, 1.807) is 13.3 Å². The highest BCUT2D eigenvalue weighted by atomic mass is 16.5. The van der Waals surface area contributed by atoms with Crippen LogP contribution in [0.5, 0.6) is 5.88 Å². The van der Waals surface area contributed by atoms with Crippen LogP contribution < -0.4 is 10.1 Å². The highest BCUT2D eigenvalue weighted by molar-refractivity contribution is 5.99. The first-order chi connectivity index (χ1) is 8.76. The van der Waals surface area contributed by atoms with Crippen LogP contribution in [0.4, 0.5) is 5.69 Å². The summed E-state index contributed by atoms with van der Waals surface area (Å²) in [6.45, 7) is 0. The molecular formula is C14H12N2O2. The minimum Gasteiger partial charge on any atom is -0.481 e. The molecule has 90 valence electrons. The summed E-state index contributed by atoms with van der Waals surface area (Å²) in [5, 5.41) is 2.82. The van der Waals surface area contributed by atoms with Gasteiger partial charge in [0.1, 0.15) is 0 Å². The molecule has 1 N–H and O–H groups in total. The molecule has 0 bridgehead atoms. The first kappa shape index (κ1) is 10.8. The molecule has 3 rings (SSSR count). The monoisotopic (exact) mass is 240 g/mol. The predicted octanol–water partition coefficient (Wildman–Crippen LogP) is 2.25. The average molecular weight is 240 g/mol. The first-order valence-corrected chi connectivity index (χ1v) is 5.69. The van der Waals surface area contributed by atoms with Crippen LogP contribution in [-0.4, -0.2) is 18.0 Å². The molecule has 0 fully saturated rings. The van der Waals surface area contributed by atoms with Gasteiger partial charge < -0.3 is 10.1 Å². The Morgan fingerprint density at radius 3 is 2.89 bits per heavy atom. The number of hydrogen-bond donors (Lipinski definition) is 1. The van der Waals surface area contributed by atoms with Crippen molar-refractivity contribution < 1.29 is 9.53 Å². The van der Waals surface area contributed by atoms with E-state index in [1.807, 2.05) is 30.3 Å². The number of fused-ring (bicyclic) bond motifs is 1. The summed E-state index contributed by atoms with van der Waals surface area (Å²) in [4.78, 5) is 15.4. The molecule has 4 heteroatoms. The lowest BCUT2D eigenvalue weighted by molar-refractivity contribution is -0.115. The number of benzene rings is 1. The fraction of sp³-hybridized carbons (Fsp3) is 0.143. The number of nitrogens with one attached hydrogen (secondary N) is 1. The lowest BCUT2D eigenvalue weighted by Gasteiger charge is -2.06. The summed E-state index contributed by atoms with van der Waals surface area (Å²) in [6.07, 6.45) is 2.16. The number of carbonyl (C=O) groups excluding carboxylic acids is 1. The molecule has 0 unspecified atom stereocenters. The van der Waals surface area contributed by atoms with Crippen molar-refractivity contribution in [2.24, 2.45) is 0 Å². The van der Waals surface area contributed by atoms with Crippen molar-refractivity contribution in [1.29, 1.82) is 0 Å². The van der Waals surface area contributed by atoms with Crippen LogP contribution in [0.2, 0.25) is 0 Å². The SMILES string of the molecule is COc1cc(-c2ccc3c(c2)CC(=O)N3)ccn1. The Bertz CT molecular complexity index is 623. The van der Waals surface area contributed by atoms with E-state index in [0.29, 0.717) is 12.3 Å². The van der Waals surface area contributed by atoms with E-state index >= 15 is 0 Å². The molecule has 1 aromatic heterocycles. The minimum atomic E-state index is 0.0504. The smallest absolute Gasteiger partial charge is 0.228 e. The molecule has 0 atom stereocenters. The molecule has 2 heterocycles. The van der Waals surface area contributed by atoms with E-state index in [1.165, 1.54) is 0 Å². The molecule has 1 aromatic carbocycles. The Kier molecular flexibility index (Phi) is 2.48. The predicted molar refractivity (Wildman–Crippen MR) is 68.6 cm³/mol. The second kappa shape index (κ2) is 4.14. The zero-order valence-electron chi connectivity index (χ0n) is 9.93. The van der Waals surface area contributed by atoms with E-state index in [0.717, 1.165) is 22.4 Å². The zero-order valence-corrected chi connectivity index (χ0v) is 9.93. The van der Waals surface area contributed by atoms with E-state index in [-0.39, 0.29) is 5.91 Å². The number of rotatable bonds is 2. The zero-order chi connectivity index (χ0) is 12.5.